The number of hydrogen-bond acceptors (Lipinski definition) is 6. The molecule has 9 nitrogen and oxygen atoms in total. The zero-order valence-corrected chi connectivity index (χ0v) is 14.7. The van der Waals surface area contributed by atoms with E-state index in [-0.39, 0.29) is 11.6 Å². The monoisotopic (exact) mass is 367 g/mol. The minimum Gasteiger partial charge on any atom is -0.476 e. The number of aromatic nitrogens is 4. The van der Waals surface area contributed by atoms with Gasteiger partial charge >= 0.3 is 5.97 Å². The van der Waals surface area contributed by atoms with Crippen LogP contribution in [0.2, 0.25) is 0 Å². The summed E-state index contributed by atoms with van der Waals surface area (Å²) in [7, 11) is 0. The predicted octanol–water partition coefficient (Wildman–Crippen LogP) is 1.57. The summed E-state index contributed by atoms with van der Waals surface area (Å²) in [6, 6.07) is 1.53. The lowest BCUT2D eigenvalue weighted by molar-refractivity contribution is 0.0680. The third-order valence-corrected chi connectivity index (χ3v) is 5.34. The molecule has 5 rings (SSSR count). The largest absolute Gasteiger partial charge is 0.476 e. The van der Waals surface area contributed by atoms with E-state index in [1.165, 1.54) is 6.07 Å². The minimum absolute atomic E-state index is 0.00127. The first-order valence-electron chi connectivity index (χ1n) is 8.90. The van der Waals surface area contributed by atoms with Gasteiger partial charge in [0.1, 0.15) is 0 Å². The molecule has 138 valence electrons. The molecule has 1 N–H and O–H groups in total. The first-order chi connectivity index (χ1) is 13.0. The van der Waals surface area contributed by atoms with E-state index in [4.69, 9.17) is 9.63 Å². The molecule has 3 aromatic heterocycles. The van der Waals surface area contributed by atoms with Crippen molar-refractivity contribution < 1.29 is 19.2 Å². The Bertz CT molecular complexity index is 1110. The molecule has 1 aliphatic carbocycles. The molecule has 0 atom stereocenters. The third kappa shape index (κ3) is 2.34. The number of pyridine rings is 1. The number of carbonyl (C=O) groups excluding carboxylic acids is 1. The number of rotatable bonds is 2. The van der Waals surface area contributed by atoms with Crippen molar-refractivity contribution >= 4 is 23.0 Å². The second-order valence-electron chi connectivity index (χ2n) is 6.99. The zero-order chi connectivity index (χ0) is 18.7. The number of carboxylic acids is 1. The molecule has 0 saturated carbocycles. The van der Waals surface area contributed by atoms with Gasteiger partial charge in [-0.1, -0.05) is 5.16 Å². The molecule has 0 saturated heterocycles. The molecule has 0 aromatic carbocycles. The predicted molar refractivity (Wildman–Crippen MR) is 92.5 cm³/mol. The van der Waals surface area contributed by atoms with E-state index in [2.05, 4.69) is 15.2 Å². The number of carboxylic acid groups (broad SMARTS) is 1. The van der Waals surface area contributed by atoms with Crippen molar-refractivity contribution in [2.75, 3.05) is 6.54 Å². The molecule has 4 heterocycles. The molecule has 3 aromatic rings. The van der Waals surface area contributed by atoms with Crippen molar-refractivity contribution in [3.05, 3.63) is 40.0 Å². The van der Waals surface area contributed by atoms with E-state index in [0.29, 0.717) is 42.0 Å². The highest BCUT2D eigenvalue weighted by Crippen LogP contribution is 2.33. The van der Waals surface area contributed by atoms with Gasteiger partial charge in [-0.2, -0.15) is 5.10 Å². The Morgan fingerprint density at radius 3 is 2.93 bits per heavy atom. The van der Waals surface area contributed by atoms with Crippen LogP contribution in [0.1, 0.15) is 49.9 Å². The number of aryl methyl sites for hydroxylation is 2. The van der Waals surface area contributed by atoms with Crippen LogP contribution < -0.4 is 0 Å². The molecule has 0 radical (unpaired) electrons. The number of aromatic carboxylic acids is 1. The van der Waals surface area contributed by atoms with Crippen LogP contribution in [0.3, 0.4) is 0 Å². The van der Waals surface area contributed by atoms with E-state index >= 15 is 0 Å². The summed E-state index contributed by atoms with van der Waals surface area (Å²) in [5.74, 6) is -1.15. The second kappa shape index (κ2) is 5.63. The minimum atomic E-state index is -1.07. The average molecular weight is 367 g/mol. The molecule has 1 amide bonds. The second-order valence-corrected chi connectivity index (χ2v) is 6.99. The molecule has 0 fully saturated rings. The normalized spacial score (nSPS) is 15.8. The van der Waals surface area contributed by atoms with Crippen molar-refractivity contribution in [2.45, 2.75) is 39.3 Å². The van der Waals surface area contributed by atoms with Gasteiger partial charge in [-0.15, -0.1) is 0 Å². The number of amides is 1. The number of carbonyl (C=O) groups is 2. The van der Waals surface area contributed by atoms with E-state index in [1.54, 1.807) is 9.58 Å². The molecular weight excluding hydrogens is 350 g/mol. The molecule has 9 heteroatoms. The molecule has 0 unspecified atom stereocenters. The van der Waals surface area contributed by atoms with Crippen LogP contribution in [-0.2, 0) is 25.9 Å². The fourth-order valence-electron chi connectivity index (χ4n) is 4.05. The summed E-state index contributed by atoms with van der Waals surface area (Å²) < 4.78 is 6.98. The molecule has 27 heavy (non-hydrogen) atoms. The maximum absolute atomic E-state index is 13.5. The van der Waals surface area contributed by atoms with E-state index < -0.39 is 5.97 Å². The van der Waals surface area contributed by atoms with Gasteiger partial charge in [0.15, 0.2) is 5.69 Å². The summed E-state index contributed by atoms with van der Waals surface area (Å²) in [6.45, 7) is 3.07. The Morgan fingerprint density at radius 2 is 2.11 bits per heavy atom. The van der Waals surface area contributed by atoms with E-state index in [9.17, 15) is 9.59 Å². The highest BCUT2D eigenvalue weighted by Gasteiger charge is 2.31. The first-order valence-corrected chi connectivity index (χ1v) is 8.90. The van der Waals surface area contributed by atoms with Crippen LogP contribution >= 0.6 is 0 Å². The van der Waals surface area contributed by atoms with Crippen LogP contribution in [0.15, 0.2) is 10.6 Å². The Kier molecular flexibility index (Phi) is 3.33. The van der Waals surface area contributed by atoms with E-state index in [1.807, 2.05) is 6.92 Å². The SMILES string of the molecule is Cc1noc2nc3c(c(C(=O)N4CCn5nc(C(=O)O)cc5C4)c12)CCC3. The van der Waals surface area contributed by atoms with Crippen LogP contribution in [0.4, 0.5) is 0 Å². The highest BCUT2D eigenvalue weighted by atomic mass is 16.5. The van der Waals surface area contributed by atoms with Crippen molar-refractivity contribution in [3.63, 3.8) is 0 Å². The van der Waals surface area contributed by atoms with Gasteiger partial charge in [-0.25, -0.2) is 9.78 Å². The fraction of sp³-hybridized carbons (Fsp3) is 0.389. The highest BCUT2D eigenvalue weighted by molar-refractivity contribution is 6.07. The lowest BCUT2D eigenvalue weighted by atomic mass is 10.0. The van der Waals surface area contributed by atoms with Crippen LogP contribution in [0.5, 0.6) is 0 Å². The summed E-state index contributed by atoms with van der Waals surface area (Å²) >= 11 is 0. The van der Waals surface area contributed by atoms with Gasteiger partial charge < -0.3 is 14.5 Å². The van der Waals surface area contributed by atoms with Crippen molar-refractivity contribution in [2.24, 2.45) is 0 Å². The topological polar surface area (TPSA) is 114 Å². The number of fused-ring (bicyclic) bond motifs is 3. The zero-order valence-electron chi connectivity index (χ0n) is 14.7. The summed E-state index contributed by atoms with van der Waals surface area (Å²) in [4.78, 5) is 30.9. The molecular formula is C18H17N5O4. The Hall–Kier alpha value is -3.23. The summed E-state index contributed by atoms with van der Waals surface area (Å²) in [5, 5.41) is 17.9. The Morgan fingerprint density at radius 1 is 1.26 bits per heavy atom. The van der Waals surface area contributed by atoms with Crippen molar-refractivity contribution in [1.29, 1.82) is 0 Å². The summed E-state index contributed by atoms with van der Waals surface area (Å²) in [6.07, 6.45) is 2.62. The van der Waals surface area contributed by atoms with Crippen LogP contribution in [0, 0.1) is 6.92 Å². The van der Waals surface area contributed by atoms with Gasteiger partial charge in [-0.3, -0.25) is 9.48 Å². The number of nitrogens with zero attached hydrogens (tertiary/aromatic N) is 5. The maximum Gasteiger partial charge on any atom is 0.356 e. The van der Waals surface area contributed by atoms with Gasteiger partial charge in [0.25, 0.3) is 11.6 Å². The lowest BCUT2D eigenvalue weighted by Crippen LogP contribution is -2.39. The first kappa shape index (κ1) is 16.0. The van der Waals surface area contributed by atoms with Crippen molar-refractivity contribution in [3.8, 4) is 0 Å². The quantitative estimate of drug-likeness (QED) is 0.731. The molecule has 2 aliphatic rings. The van der Waals surface area contributed by atoms with Gasteiger partial charge in [0.2, 0.25) is 0 Å². The summed E-state index contributed by atoms with van der Waals surface area (Å²) in [5.41, 5.74) is 4.33. The fourth-order valence-corrected chi connectivity index (χ4v) is 4.05. The third-order valence-electron chi connectivity index (χ3n) is 5.34. The van der Waals surface area contributed by atoms with E-state index in [0.717, 1.165) is 36.2 Å². The van der Waals surface area contributed by atoms with Crippen LogP contribution in [0.25, 0.3) is 11.1 Å². The number of hydrogen-bond donors (Lipinski definition) is 1. The molecule has 1 aliphatic heterocycles. The molecule has 0 bridgehead atoms. The van der Waals surface area contributed by atoms with Crippen LogP contribution in [-0.4, -0.2) is 48.3 Å². The van der Waals surface area contributed by atoms with Gasteiger partial charge in [0.05, 0.1) is 35.4 Å². The van der Waals surface area contributed by atoms with Crippen molar-refractivity contribution in [1.82, 2.24) is 24.8 Å². The Balaban J connectivity index is 1.57. The standard InChI is InChI=1S/C18H17N5O4/c1-9-14-15(11-3-2-4-12(11)19-16(14)27-21-9)17(24)22-5-6-23-10(8-22)7-13(20-23)18(25)26/h7H,2-6,8H2,1H3,(H,25,26). The maximum atomic E-state index is 13.5. The lowest BCUT2D eigenvalue weighted by Gasteiger charge is -2.28. The molecule has 0 spiro atoms. The Labute approximate surface area is 153 Å². The smallest absolute Gasteiger partial charge is 0.356 e. The average Bonchev–Trinajstić information content (AvgIpc) is 3.37. The van der Waals surface area contributed by atoms with Gasteiger partial charge in [0, 0.05) is 12.2 Å². The van der Waals surface area contributed by atoms with Gasteiger partial charge in [-0.05, 0) is 37.8 Å².